The quantitative estimate of drug-likeness (QED) is 0.593. The van der Waals surface area contributed by atoms with Crippen molar-refractivity contribution in [3.8, 4) is 0 Å². The zero-order valence-corrected chi connectivity index (χ0v) is 10.1. The molecule has 0 saturated carbocycles. The van der Waals surface area contributed by atoms with E-state index >= 15 is 0 Å². The number of ether oxygens (including phenoxy) is 2. The molecule has 2 unspecified atom stereocenters. The summed E-state index contributed by atoms with van der Waals surface area (Å²) in [4.78, 5) is 11.5. The lowest BCUT2D eigenvalue weighted by atomic mass is 10.0. The maximum atomic E-state index is 11.5. The maximum absolute atomic E-state index is 11.5. The third-order valence-corrected chi connectivity index (χ3v) is 2.86. The fraction of sp³-hybridized carbons (Fsp3) is 0.909. The summed E-state index contributed by atoms with van der Waals surface area (Å²) >= 11 is 0. The maximum Gasteiger partial charge on any atom is 0.246 e. The van der Waals surface area contributed by atoms with Crippen LogP contribution in [0.4, 0.5) is 0 Å². The molecule has 5 nitrogen and oxygen atoms in total. The molecule has 2 N–H and O–H groups in total. The summed E-state index contributed by atoms with van der Waals surface area (Å²) in [5.74, 6) is 0.499. The molecule has 1 saturated heterocycles. The van der Waals surface area contributed by atoms with Crippen molar-refractivity contribution >= 4 is 5.91 Å². The Bertz CT molecular complexity index is 205. The normalized spacial score (nSPS) is 22.0. The molecule has 0 spiro atoms. The van der Waals surface area contributed by atoms with Crippen molar-refractivity contribution in [3.63, 3.8) is 0 Å². The van der Waals surface area contributed by atoms with E-state index in [9.17, 15) is 4.79 Å². The molecule has 0 aromatic heterocycles. The van der Waals surface area contributed by atoms with E-state index in [1.165, 1.54) is 0 Å². The van der Waals surface area contributed by atoms with E-state index in [1.807, 2.05) is 6.92 Å². The molecular formula is C11H22N2O3. The van der Waals surface area contributed by atoms with Gasteiger partial charge in [0.25, 0.3) is 0 Å². The van der Waals surface area contributed by atoms with Crippen LogP contribution >= 0.6 is 0 Å². The zero-order valence-electron chi connectivity index (χ0n) is 10.1. The van der Waals surface area contributed by atoms with Crippen LogP contribution in [0.2, 0.25) is 0 Å². The molecule has 16 heavy (non-hydrogen) atoms. The Hall–Kier alpha value is -0.650. The van der Waals surface area contributed by atoms with Crippen LogP contribution in [0.15, 0.2) is 0 Å². The van der Waals surface area contributed by atoms with E-state index in [1.54, 1.807) is 7.11 Å². The van der Waals surface area contributed by atoms with Gasteiger partial charge >= 0.3 is 0 Å². The molecule has 2 atom stereocenters. The number of hydrogen-bond donors (Lipinski definition) is 2. The molecule has 0 bridgehead atoms. The minimum atomic E-state index is -0.0458. The van der Waals surface area contributed by atoms with Crippen molar-refractivity contribution in [1.82, 2.24) is 10.6 Å². The van der Waals surface area contributed by atoms with Gasteiger partial charge in [-0.15, -0.1) is 0 Å². The summed E-state index contributed by atoms with van der Waals surface area (Å²) in [6.45, 7) is 5.19. The highest BCUT2D eigenvalue weighted by molar-refractivity contribution is 5.77. The summed E-state index contributed by atoms with van der Waals surface area (Å²) in [5, 5.41) is 6.24. The lowest BCUT2D eigenvalue weighted by Crippen LogP contribution is -2.40. The number of carbonyl (C=O) groups is 1. The van der Waals surface area contributed by atoms with Gasteiger partial charge in [0.05, 0.1) is 13.2 Å². The molecule has 5 heteroatoms. The van der Waals surface area contributed by atoms with Crippen molar-refractivity contribution < 1.29 is 14.3 Å². The van der Waals surface area contributed by atoms with Gasteiger partial charge in [0.1, 0.15) is 6.61 Å². The molecule has 1 amide bonds. The average molecular weight is 230 g/mol. The van der Waals surface area contributed by atoms with Crippen LogP contribution in [0.25, 0.3) is 0 Å². The third kappa shape index (κ3) is 4.92. The highest BCUT2D eigenvalue weighted by Gasteiger charge is 2.22. The number of amides is 1. The second-order valence-corrected chi connectivity index (χ2v) is 4.15. The van der Waals surface area contributed by atoms with Crippen LogP contribution in [0.1, 0.15) is 13.3 Å². The highest BCUT2D eigenvalue weighted by atomic mass is 16.5. The van der Waals surface area contributed by atoms with Crippen LogP contribution < -0.4 is 10.6 Å². The summed E-state index contributed by atoms with van der Waals surface area (Å²) in [5.41, 5.74) is 0. The molecule has 1 aliphatic heterocycles. The van der Waals surface area contributed by atoms with Crippen molar-refractivity contribution in [1.29, 1.82) is 0 Å². The molecule has 0 radical (unpaired) electrons. The molecule has 1 fully saturated rings. The third-order valence-electron chi connectivity index (χ3n) is 2.86. The van der Waals surface area contributed by atoms with Crippen molar-refractivity contribution in [2.24, 2.45) is 5.92 Å². The molecule has 0 aromatic rings. The monoisotopic (exact) mass is 230 g/mol. The lowest BCUT2D eigenvalue weighted by Gasteiger charge is -2.19. The minimum absolute atomic E-state index is 0.0458. The second kappa shape index (κ2) is 7.60. The fourth-order valence-electron chi connectivity index (χ4n) is 1.82. The van der Waals surface area contributed by atoms with E-state index in [2.05, 4.69) is 10.6 Å². The van der Waals surface area contributed by atoms with Crippen molar-refractivity contribution in [2.45, 2.75) is 19.4 Å². The molecule has 94 valence electrons. The van der Waals surface area contributed by atoms with Gasteiger partial charge < -0.3 is 20.1 Å². The molecule has 1 heterocycles. The molecule has 0 aliphatic carbocycles. The minimum Gasteiger partial charge on any atom is -0.382 e. The Morgan fingerprint density at radius 2 is 2.38 bits per heavy atom. The van der Waals surface area contributed by atoms with Gasteiger partial charge in [0.2, 0.25) is 5.91 Å². The van der Waals surface area contributed by atoms with Crippen LogP contribution in [0, 0.1) is 5.92 Å². The summed E-state index contributed by atoms with van der Waals surface area (Å²) in [7, 11) is 1.61. The Morgan fingerprint density at radius 1 is 1.56 bits per heavy atom. The number of nitrogens with one attached hydrogen (secondary N) is 2. The molecule has 1 rings (SSSR count). The Balaban J connectivity index is 2.08. The second-order valence-electron chi connectivity index (χ2n) is 4.15. The van der Waals surface area contributed by atoms with Crippen LogP contribution in [0.3, 0.4) is 0 Å². The zero-order chi connectivity index (χ0) is 11.8. The Labute approximate surface area is 96.9 Å². The van der Waals surface area contributed by atoms with Crippen LogP contribution in [0.5, 0.6) is 0 Å². The SMILES string of the molecule is COCCOCC(=O)NC(C)C1CCNC1. The highest BCUT2D eigenvalue weighted by Crippen LogP contribution is 2.11. The topological polar surface area (TPSA) is 59.6 Å². The standard InChI is InChI=1S/C11H22N2O3/c1-9(10-3-4-12-7-10)13-11(14)8-16-6-5-15-2/h9-10,12H,3-8H2,1-2H3,(H,13,14). The summed E-state index contributed by atoms with van der Waals surface area (Å²) in [6, 6.07) is 0.216. The van der Waals surface area contributed by atoms with E-state index in [0.717, 1.165) is 19.5 Å². The first-order valence-corrected chi connectivity index (χ1v) is 5.80. The van der Waals surface area contributed by atoms with Crippen molar-refractivity contribution in [2.75, 3.05) is 40.0 Å². The average Bonchev–Trinajstić information content (AvgIpc) is 2.77. The predicted molar refractivity (Wildman–Crippen MR) is 61.3 cm³/mol. The number of rotatable bonds is 7. The largest absolute Gasteiger partial charge is 0.382 e. The van der Waals surface area contributed by atoms with Crippen LogP contribution in [-0.4, -0.2) is 52.0 Å². The van der Waals surface area contributed by atoms with Crippen molar-refractivity contribution in [3.05, 3.63) is 0 Å². The first kappa shape index (κ1) is 13.4. The van der Waals surface area contributed by atoms with Gasteiger partial charge in [0, 0.05) is 13.2 Å². The van der Waals surface area contributed by atoms with Crippen LogP contribution in [-0.2, 0) is 14.3 Å². The lowest BCUT2D eigenvalue weighted by molar-refractivity contribution is -0.127. The van der Waals surface area contributed by atoms with Gasteiger partial charge in [-0.3, -0.25) is 4.79 Å². The molecule has 1 aliphatic rings. The van der Waals surface area contributed by atoms with E-state index < -0.39 is 0 Å². The Morgan fingerprint density at radius 3 is 3.00 bits per heavy atom. The van der Waals surface area contributed by atoms with E-state index in [4.69, 9.17) is 9.47 Å². The fourth-order valence-corrected chi connectivity index (χ4v) is 1.82. The number of methoxy groups -OCH3 is 1. The van der Waals surface area contributed by atoms with Gasteiger partial charge in [-0.25, -0.2) is 0 Å². The number of carbonyl (C=O) groups excluding carboxylic acids is 1. The van der Waals surface area contributed by atoms with Gasteiger partial charge in [-0.1, -0.05) is 0 Å². The summed E-state index contributed by atoms with van der Waals surface area (Å²) in [6.07, 6.45) is 1.13. The Kier molecular flexibility index (Phi) is 6.37. The molecule has 0 aromatic carbocycles. The summed E-state index contributed by atoms with van der Waals surface area (Å²) < 4.78 is 9.97. The van der Waals surface area contributed by atoms with E-state index in [-0.39, 0.29) is 18.6 Å². The van der Waals surface area contributed by atoms with Gasteiger partial charge in [-0.05, 0) is 32.4 Å². The first-order chi connectivity index (χ1) is 7.74. The van der Waals surface area contributed by atoms with Gasteiger partial charge in [-0.2, -0.15) is 0 Å². The number of hydrogen-bond acceptors (Lipinski definition) is 4. The molecular weight excluding hydrogens is 208 g/mol. The predicted octanol–water partition coefficient (Wildman–Crippen LogP) is -0.236. The smallest absolute Gasteiger partial charge is 0.246 e. The van der Waals surface area contributed by atoms with E-state index in [0.29, 0.717) is 19.1 Å². The van der Waals surface area contributed by atoms with Gasteiger partial charge in [0.15, 0.2) is 0 Å². The first-order valence-electron chi connectivity index (χ1n) is 5.80.